The molecule has 0 saturated carbocycles. The zero-order chi connectivity index (χ0) is 19.3. The number of nitrogens with two attached hydrogens (primary N) is 1. The Hall–Kier alpha value is -2.95. The van der Waals surface area contributed by atoms with Gasteiger partial charge in [-0.2, -0.15) is 0 Å². The molecule has 2 rings (SSSR count). The van der Waals surface area contributed by atoms with E-state index in [0.29, 0.717) is 25.1 Å². The molecule has 0 aromatic carbocycles. The predicted octanol–water partition coefficient (Wildman–Crippen LogP) is -1.69. The first kappa shape index (κ1) is 19.4. The van der Waals surface area contributed by atoms with Gasteiger partial charge in [-0.1, -0.05) is 0 Å². The number of imidazole rings is 1. The molecule has 2 heterocycles. The lowest BCUT2D eigenvalue weighted by Crippen LogP contribution is -2.54. The summed E-state index contributed by atoms with van der Waals surface area (Å²) in [5, 5.41) is 20.0. The molecule has 1 aliphatic rings. The summed E-state index contributed by atoms with van der Waals surface area (Å²) in [6.07, 6.45) is 3.41. The first-order valence-electron chi connectivity index (χ1n) is 8.08. The molecule has 3 atom stereocenters. The van der Waals surface area contributed by atoms with Crippen molar-refractivity contribution in [2.24, 2.45) is 5.73 Å². The largest absolute Gasteiger partial charge is 0.481 e. The van der Waals surface area contributed by atoms with Crippen LogP contribution in [0.1, 0.15) is 25.0 Å². The van der Waals surface area contributed by atoms with Gasteiger partial charge >= 0.3 is 11.9 Å². The molecule has 0 aliphatic carbocycles. The number of aromatic nitrogens is 2. The van der Waals surface area contributed by atoms with E-state index in [1.165, 1.54) is 11.2 Å². The molecule has 3 unspecified atom stereocenters. The highest BCUT2D eigenvalue weighted by Gasteiger charge is 2.37. The minimum absolute atomic E-state index is 0.223. The van der Waals surface area contributed by atoms with E-state index in [2.05, 4.69) is 15.3 Å². The molecule has 1 aromatic heterocycles. The van der Waals surface area contributed by atoms with Crippen molar-refractivity contribution in [2.75, 3.05) is 6.54 Å². The second-order valence-electron chi connectivity index (χ2n) is 6.07. The smallest absolute Gasteiger partial charge is 0.326 e. The Kier molecular flexibility index (Phi) is 6.28. The summed E-state index contributed by atoms with van der Waals surface area (Å²) in [5.74, 6) is -3.92. The number of likely N-dealkylation sites (tertiary alicyclic amines) is 1. The quantitative estimate of drug-likeness (QED) is 0.361. The highest BCUT2D eigenvalue weighted by Crippen LogP contribution is 2.19. The van der Waals surface area contributed by atoms with Gasteiger partial charge in [-0.05, 0) is 12.8 Å². The Labute approximate surface area is 148 Å². The number of hydrogen-bond acceptors (Lipinski definition) is 6. The summed E-state index contributed by atoms with van der Waals surface area (Å²) in [6, 6.07) is -3.31. The van der Waals surface area contributed by atoms with Gasteiger partial charge in [-0.15, -0.1) is 0 Å². The van der Waals surface area contributed by atoms with Crippen LogP contribution in [0.5, 0.6) is 0 Å². The molecule has 1 aliphatic heterocycles. The number of amides is 2. The number of carbonyl (C=O) groups excluding carboxylic acids is 2. The van der Waals surface area contributed by atoms with E-state index in [1.807, 2.05) is 0 Å². The molecule has 11 nitrogen and oxygen atoms in total. The van der Waals surface area contributed by atoms with Crippen LogP contribution in [-0.2, 0) is 25.6 Å². The number of hydrogen-bond donors (Lipinski definition) is 5. The fraction of sp³-hybridized carbons (Fsp3) is 0.533. The zero-order valence-corrected chi connectivity index (χ0v) is 13.9. The summed E-state index contributed by atoms with van der Waals surface area (Å²) in [7, 11) is 0. The lowest BCUT2D eigenvalue weighted by Gasteiger charge is -2.27. The number of carboxylic acids is 2. The van der Waals surface area contributed by atoms with Gasteiger partial charge in [-0.25, -0.2) is 9.78 Å². The van der Waals surface area contributed by atoms with Crippen LogP contribution < -0.4 is 11.1 Å². The SMILES string of the molecule is NC(Cc1cnc[nH]1)C(=O)N1CCCC1C(=O)NC(CC(=O)O)C(=O)O. The van der Waals surface area contributed by atoms with Crippen molar-refractivity contribution in [1.82, 2.24) is 20.2 Å². The van der Waals surface area contributed by atoms with Crippen LogP contribution in [0.2, 0.25) is 0 Å². The summed E-state index contributed by atoms with van der Waals surface area (Å²) in [6.45, 7) is 0.324. The second kappa shape index (κ2) is 8.43. The van der Waals surface area contributed by atoms with Crippen molar-refractivity contribution in [2.45, 2.75) is 43.8 Å². The maximum Gasteiger partial charge on any atom is 0.326 e. The van der Waals surface area contributed by atoms with E-state index in [0.717, 1.165) is 0 Å². The van der Waals surface area contributed by atoms with Crippen LogP contribution in [0.3, 0.4) is 0 Å². The Morgan fingerprint density at radius 1 is 1.38 bits per heavy atom. The molecule has 0 spiro atoms. The predicted molar refractivity (Wildman–Crippen MR) is 86.8 cm³/mol. The molecule has 6 N–H and O–H groups in total. The van der Waals surface area contributed by atoms with E-state index in [-0.39, 0.29) is 6.42 Å². The first-order chi connectivity index (χ1) is 12.3. The number of rotatable bonds is 8. The number of nitrogens with zero attached hydrogens (tertiary/aromatic N) is 2. The molecule has 0 radical (unpaired) electrons. The molecule has 11 heteroatoms. The van der Waals surface area contributed by atoms with Crippen LogP contribution in [0, 0.1) is 0 Å². The van der Waals surface area contributed by atoms with E-state index >= 15 is 0 Å². The van der Waals surface area contributed by atoms with Gasteiger partial charge in [-0.3, -0.25) is 14.4 Å². The van der Waals surface area contributed by atoms with Gasteiger partial charge in [0.2, 0.25) is 11.8 Å². The maximum absolute atomic E-state index is 12.6. The number of carboxylic acid groups (broad SMARTS) is 2. The van der Waals surface area contributed by atoms with Crippen molar-refractivity contribution in [1.29, 1.82) is 0 Å². The first-order valence-corrected chi connectivity index (χ1v) is 8.08. The highest BCUT2D eigenvalue weighted by atomic mass is 16.4. The lowest BCUT2D eigenvalue weighted by atomic mass is 10.1. The fourth-order valence-corrected chi connectivity index (χ4v) is 2.88. The van der Waals surface area contributed by atoms with Gasteiger partial charge in [0, 0.05) is 24.9 Å². The van der Waals surface area contributed by atoms with Gasteiger partial charge in [0.15, 0.2) is 0 Å². The van der Waals surface area contributed by atoms with Gasteiger partial charge in [0.25, 0.3) is 0 Å². The molecular weight excluding hydrogens is 346 g/mol. The van der Waals surface area contributed by atoms with Crippen molar-refractivity contribution in [3.63, 3.8) is 0 Å². The van der Waals surface area contributed by atoms with Gasteiger partial charge in [0.05, 0.1) is 18.8 Å². The minimum atomic E-state index is -1.56. The molecule has 142 valence electrons. The molecule has 1 aromatic rings. The molecule has 26 heavy (non-hydrogen) atoms. The van der Waals surface area contributed by atoms with Gasteiger partial charge < -0.3 is 31.1 Å². The Balaban J connectivity index is 2.01. The number of H-pyrrole nitrogens is 1. The van der Waals surface area contributed by atoms with Crippen molar-refractivity contribution < 1.29 is 29.4 Å². The Morgan fingerprint density at radius 3 is 2.69 bits per heavy atom. The zero-order valence-electron chi connectivity index (χ0n) is 13.9. The van der Waals surface area contributed by atoms with Crippen LogP contribution in [0.4, 0.5) is 0 Å². The summed E-state index contributed by atoms with van der Waals surface area (Å²) in [5.41, 5.74) is 6.60. The molecule has 1 saturated heterocycles. The number of aromatic amines is 1. The van der Waals surface area contributed by atoms with Crippen LogP contribution in [0.15, 0.2) is 12.5 Å². The number of carbonyl (C=O) groups is 4. The summed E-state index contributed by atoms with van der Waals surface area (Å²) >= 11 is 0. The van der Waals surface area contributed by atoms with Crippen LogP contribution in [0.25, 0.3) is 0 Å². The minimum Gasteiger partial charge on any atom is -0.481 e. The third-order valence-electron chi connectivity index (χ3n) is 4.14. The standard InChI is InChI=1S/C15H21N5O6/c16-9(4-8-6-17-7-18-8)14(24)20-3-1-2-11(20)13(23)19-10(15(25)26)5-12(21)22/h6-7,9-11H,1-5,16H2,(H,17,18)(H,19,23)(H,21,22)(H,25,26). The van der Waals surface area contributed by atoms with Crippen LogP contribution in [-0.4, -0.2) is 73.5 Å². The average Bonchev–Trinajstić information content (AvgIpc) is 3.24. The number of nitrogens with one attached hydrogen (secondary N) is 2. The molecular formula is C15H21N5O6. The number of aliphatic carboxylic acids is 2. The van der Waals surface area contributed by atoms with E-state index in [1.54, 1.807) is 6.20 Å². The second-order valence-corrected chi connectivity index (χ2v) is 6.07. The lowest BCUT2D eigenvalue weighted by molar-refractivity contribution is -0.148. The highest BCUT2D eigenvalue weighted by molar-refractivity contribution is 5.93. The summed E-state index contributed by atoms with van der Waals surface area (Å²) < 4.78 is 0. The maximum atomic E-state index is 12.6. The normalized spacial score (nSPS) is 19.0. The monoisotopic (exact) mass is 367 g/mol. The third kappa shape index (κ3) is 4.79. The molecule has 2 amide bonds. The Morgan fingerprint density at radius 2 is 2.12 bits per heavy atom. The van der Waals surface area contributed by atoms with E-state index in [4.69, 9.17) is 15.9 Å². The van der Waals surface area contributed by atoms with Crippen LogP contribution >= 0.6 is 0 Å². The van der Waals surface area contributed by atoms with E-state index in [9.17, 15) is 19.2 Å². The molecule has 0 bridgehead atoms. The topological polar surface area (TPSA) is 179 Å². The fourth-order valence-electron chi connectivity index (χ4n) is 2.88. The average molecular weight is 367 g/mol. The van der Waals surface area contributed by atoms with Crippen molar-refractivity contribution >= 4 is 23.8 Å². The summed E-state index contributed by atoms with van der Waals surface area (Å²) in [4.78, 5) is 54.8. The van der Waals surface area contributed by atoms with Crippen molar-refractivity contribution in [3.8, 4) is 0 Å². The van der Waals surface area contributed by atoms with Crippen molar-refractivity contribution in [3.05, 3.63) is 18.2 Å². The van der Waals surface area contributed by atoms with E-state index < -0.39 is 48.3 Å². The Bertz CT molecular complexity index is 676. The third-order valence-corrected chi connectivity index (χ3v) is 4.14. The molecule has 1 fully saturated rings. The van der Waals surface area contributed by atoms with Gasteiger partial charge in [0.1, 0.15) is 12.1 Å².